The molecule has 5 nitrogen and oxygen atoms in total. The van der Waals surface area contributed by atoms with Crippen molar-refractivity contribution in [1.29, 1.82) is 0 Å². The van der Waals surface area contributed by atoms with E-state index in [-0.39, 0.29) is 5.91 Å². The molecule has 0 aliphatic heterocycles. The first-order valence-electron chi connectivity index (χ1n) is 9.43. The highest BCUT2D eigenvalue weighted by Gasteiger charge is 2.22. The number of hydrogen-bond donors (Lipinski definition) is 1. The Labute approximate surface area is 175 Å². The summed E-state index contributed by atoms with van der Waals surface area (Å²) in [5, 5.41) is 6.36. The summed E-state index contributed by atoms with van der Waals surface area (Å²) in [6.07, 6.45) is 0. The predicted molar refractivity (Wildman–Crippen MR) is 119 cm³/mol. The quantitative estimate of drug-likeness (QED) is 0.359. The second-order valence-corrected chi connectivity index (χ2v) is 8.09. The monoisotopic (exact) mass is 415 g/mol. The number of anilines is 1. The van der Waals surface area contributed by atoms with Crippen molar-refractivity contribution in [2.45, 2.75) is 13.8 Å². The summed E-state index contributed by atoms with van der Waals surface area (Å²) in [5.74, 6) is 0.208. The van der Waals surface area contributed by atoms with Crippen LogP contribution in [0.3, 0.4) is 0 Å². The van der Waals surface area contributed by atoms with Crippen molar-refractivity contribution in [2.75, 3.05) is 5.32 Å². The molecule has 30 heavy (non-hydrogen) atoms. The molecule has 0 bridgehead atoms. The van der Waals surface area contributed by atoms with Crippen molar-refractivity contribution in [3.8, 4) is 11.3 Å². The third-order valence-corrected chi connectivity index (χ3v) is 6.05. The first-order valence-corrected chi connectivity index (χ1v) is 10.3. The number of thiophene rings is 1. The molecule has 0 aliphatic rings. The van der Waals surface area contributed by atoms with Crippen LogP contribution in [-0.4, -0.2) is 5.91 Å². The van der Waals surface area contributed by atoms with Crippen LogP contribution in [0.4, 0.5) is 5.69 Å². The maximum atomic E-state index is 12.8. The van der Waals surface area contributed by atoms with E-state index in [9.17, 15) is 9.59 Å². The predicted octanol–water partition coefficient (Wildman–Crippen LogP) is 6.14. The molecule has 0 fully saturated rings. The van der Waals surface area contributed by atoms with E-state index in [0.29, 0.717) is 33.1 Å². The first kappa shape index (κ1) is 18.4. The molecule has 5 aromatic rings. The highest BCUT2D eigenvalue weighted by atomic mass is 32.1. The lowest BCUT2D eigenvalue weighted by Gasteiger charge is -2.09. The lowest BCUT2D eigenvalue weighted by Crippen LogP contribution is -2.10. The smallest absolute Gasteiger partial charge is 0.336 e. The molecule has 1 amide bonds. The number of carbonyl (C=O) groups is 1. The van der Waals surface area contributed by atoms with E-state index in [0.717, 1.165) is 21.9 Å². The molecular formula is C24H17NO4S. The minimum Gasteiger partial charge on any atom is -0.454 e. The molecule has 0 spiro atoms. The number of para-hydroxylation sites is 1. The van der Waals surface area contributed by atoms with Gasteiger partial charge in [0, 0.05) is 22.4 Å². The van der Waals surface area contributed by atoms with Gasteiger partial charge in [-0.1, -0.05) is 18.2 Å². The van der Waals surface area contributed by atoms with E-state index in [2.05, 4.69) is 5.32 Å². The van der Waals surface area contributed by atoms with E-state index in [1.54, 1.807) is 6.07 Å². The van der Waals surface area contributed by atoms with Crippen molar-refractivity contribution in [2.24, 2.45) is 0 Å². The molecule has 0 saturated carbocycles. The van der Waals surface area contributed by atoms with E-state index in [4.69, 9.17) is 8.83 Å². The van der Waals surface area contributed by atoms with Crippen LogP contribution in [0.25, 0.3) is 33.3 Å². The fourth-order valence-corrected chi connectivity index (χ4v) is 4.17. The van der Waals surface area contributed by atoms with Crippen LogP contribution in [0.2, 0.25) is 0 Å². The van der Waals surface area contributed by atoms with Crippen LogP contribution in [0, 0.1) is 13.8 Å². The first-order chi connectivity index (χ1) is 14.5. The van der Waals surface area contributed by atoms with Crippen LogP contribution in [0.15, 0.2) is 73.6 Å². The Balaban J connectivity index is 1.78. The van der Waals surface area contributed by atoms with E-state index in [1.165, 1.54) is 17.4 Å². The van der Waals surface area contributed by atoms with Gasteiger partial charge in [0.15, 0.2) is 5.76 Å². The largest absolute Gasteiger partial charge is 0.454 e. The SMILES string of the molecule is Cc1cc2oc(=O)cc(-c3oc4ccccc4c3NC(=O)c3cccs3)c2cc1C. The van der Waals surface area contributed by atoms with Crippen LogP contribution in [0.1, 0.15) is 20.8 Å². The molecule has 3 aromatic heterocycles. The molecule has 5 rings (SSSR count). The summed E-state index contributed by atoms with van der Waals surface area (Å²) in [4.78, 5) is 25.7. The zero-order valence-electron chi connectivity index (χ0n) is 16.3. The zero-order valence-corrected chi connectivity index (χ0v) is 17.1. The number of fused-ring (bicyclic) bond motifs is 2. The molecule has 2 aromatic carbocycles. The Bertz CT molecular complexity index is 1470. The van der Waals surface area contributed by atoms with Gasteiger partial charge in [-0.3, -0.25) is 4.79 Å². The van der Waals surface area contributed by atoms with Gasteiger partial charge in [0.1, 0.15) is 11.2 Å². The number of aryl methyl sites for hydroxylation is 2. The summed E-state index contributed by atoms with van der Waals surface area (Å²) in [5.41, 5.74) is 3.85. The number of furan rings is 1. The van der Waals surface area contributed by atoms with Crippen molar-refractivity contribution in [1.82, 2.24) is 0 Å². The van der Waals surface area contributed by atoms with E-state index in [1.807, 2.05) is 61.7 Å². The van der Waals surface area contributed by atoms with Gasteiger partial charge in [0.25, 0.3) is 5.91 Å². The van der Waals surface area contributed by atoms with Gasteiger partial charge in [-0.15, -0.1) is 11.3 Å². The van der Waals surface area contributed by atoms with Gasteiger partial charge in [0.2, 0.25) is 0 Å². The summed E-state index contributed by atoms with van der Waals surface area (Å²) >= 11 is 1.36. The minimum absolute atomic E-state index is 0.225. The number of rotatable bonds is 3. The lowest BCUT2D eigenvalue weighted by atomic mass is 10.0. The molecule has 0 atom stereocenters. The van der Waals surface area contributed by atoms with Crippen molar-refractivity contribution >= 4 is 44.9 Å². The van der Waals surface area contributed by atoms with Crippen LogP contribution < -0.4 is 10.9 Å². The maximum Gasteiger partial charge on any atom is 0.336 e. The van der Waals surface area contributed by atoms with Gasteiger partial charge < -0.3 is 14.2 Å². The van der Waals surface area contributed by atoms with Gasteiger partial charge >= 0.3 is 5.63 Å². The van der Waals surface area contributed by atoms with Crippen molar-refractivity contribution in [3.05, 3.63) is 86.4 Å². The van der Waals surface area contributed by atoms with Crippen molar-refractivity contribution in [3.63, 3.8) is 0 Å². The molecule has 3 heterocycles. The van der Waals surface area contributed by atoms with E-state index < -0.39 is 5.63 Å². The Morgan fingerprint density at radius 2 is 1.70 bits per heavy atom. The Hall–Kier alpha value is -3.64. The molecule has 0 saturated heterocycles. The number of nitrogens with one attached hydrogen (secondary N) is 1. The van der Waals surface area contributed by atoms with Crippen molar-refractivity contribution < 1.29 is 13.6 Å². The lowest BCUT2D eigenvalue weighted by molar-refractivity contribution is 0.103. The van der Waals surface area contributed by atoms with E-state index >= 15 is 0 Å². The summed E-state index contributed by atoms with van der Waals surface area (Å²) in [6, 6.07) is 16.3. The molecule has 1 N–H and O–H groups in total. The Morgan fingerprint density at radius 3 is 2.50 bits per heavy atom. The Kier molecular flexibility index (Phi) is 4.29. The summed E-state index contributed by atoms with van der Waals surface area (Å²) in [6.45, 7) is 3.97. The van der Waals surface area contributed by atoms with Gasteiger partial charge in [-0.25, -0.2) is 4.79 Å². The fourth-order valence-electron chi connectivity index (χ4n) is 3.55. The summed E-state index contributed by atoms with van der Waals surface area (Å²) in [7, 11) is 0. The average Bonchev–Trinajstić information content (AvgIpc) is 3.37. The molecule has 0 radical (unpaired) electrons. The second-order valence-electron chi connectivity index (χ2n) is 7.15. The average molecular weight is 415 g/mol. The van der Waals surface area contributed by atoms with Gasteiger partial charge in [-0.2, -0.15) is 0 Å². The molecule has 6 heteroatoms. The fraction of sp³-hybridized carbons (Fsp3) is 0.0833. The number of carbonyl (C=O) groups excluding carboxylic acids is 1. The molecule has 148 valence electrons. The second kappa shape index (κ2) is 7.00. The zero-order chi connectivity index (χ0) is 20.8. The maximum absolute atomic E-state index is 12.8. The number of hydrogen-bond acceptors (Lipinski definition) is 5. The highest BCUT2D eigenvalue weighted by Crippen LogP contribution is 2.41. The molecule has 0 aliphatic carbocycles. The van der Waals surface area contributed by atoms with Crippen LogP contribution in [-0.2, 0) is 0 Å². The normalized spacial score (nSPS) is 11.3. The minimum atomic E-state index is -0.475. The van der Waals surface area contributed by atoms with Crippen LogP contribution >= 0.6 is 11.3 Å². The topological polar surface area (TPSA) is 72.5 Å². The van der Waals surface area contributed by atoms with Crippen LogP contribution in [0.5, 0.6) is 0 Å². The standard InChI is InChI=1S/C24H17NO4S/c1-13-10-16-17(12-21(26)28-19(16)11-14(13)2)23-22(15-6-3-4-7-18(15)29-23)25-24(27)20-8-5-9-30-20/h3-12H,1-2H3,(H,25,27). The van der Waals surface area contributed by atoms with Gasteiger partial charge in [0.05, 0.1) is 10.6 Å². The Morgan fingerprint density at radius 1 is 0.900 bits per heavy atom. The number of amides is 1. The summed E-state index contributed by atoms with van der Waals surface area (Å²) < 4.78 is 11.6. The highest BCUT2D eigenvalue weighted by molar-refractivity contribution is 7.12. The third kappa shape index (κ3) is 3.02. The number of benzene rings is 2. The van der Waals surface area contributed by atoms with Gasteiger partial charge in [-0.05, 0) is 60.7 Å². The molecule has 0 unspecified atom stereocenters. The molecular weight excluding hydrogens is 398 g/mol. The third-order valence-electron chi connectivity index (χ3n) is 5.18.